The van der Waals surface area contributed by atoms with Gasteiger partial charge in [0.2, 0.25) is 0 Å². The Balaban J connectivity index is 3.14. The van der Waals surface area contributed by atoms with Gasteiger partial charge in [0.05, 0.1) is 6.61 Å². The van der Waals surface area contributed by atoms with Gasteiger partial charge in [0, 0.05) is 0 Å². The number of rotatable bonds is 6. The first-order chi connectivity index (χ1) is 5.68. The Hall–Kier alpha value is -0.570. The average molecular weight is 173 g/mol. The second-order valence-electron chi connectivity index (χ2n) is 3.02. The Labute approximate surface area is 74.3 Å². The predicted octanol–water partition coefficient (Wildman–Crippen LogP) is 1.46. The van der Waals surface area contributed by atoms with Gasteiger partial charge in [-0.15, -0.1) is 0 Å². The first kappa shape index (κ1) is 11.4. The fraction of sp³-hybridized carbons (Fsp3) is 0.889. The molecule has 0 amide bonds. The largest absolute Gasteiger partial charge is 0.465 e. The summed E-state index contributed by atoms with van der Waals surface area (Å²) in [4.78, 5) is 10.8. The predicted molar refractivity (Wildman–Crippen MR) is 48.8 cm³/mol. The molecule has 0 aliphatic rings. The van der Waals surface area contributed by atoms with Gasteiger partial charge in [-0.2, -0.15) is 0 Å². The highest BCUT2D eigenvalue weighted by molar-refractivity contribution is 5.74. The average Bonchev–Trinajstić information content (AvgIpc) is 2.03. The third kappa shape index (κ3) is 6.16. The molecule has 2 N–H and O–H groups in total. The molecule has 0 aromatic carbocycles. The van der Waals surface area contributed by atoms with Crippen LogP contribution in [0.2, 0.25) is 0 Å². The van der Waals surface area contributed by atoms with Gasteiger partial charge in [-0.1, -0.05) is 26.2 Å². The molecular weight excluding hydrogens is 154 g/mol. The SMILES string of the molecule is CCCCCCOC(=O)[C@H](C)N. The highest BCUT2D eigenvalue weighted by atomic mass is 16.5. The standard InChI is InChI=1S/C9H19NO2/c1-3-4-5-6-7-12-9(11)8(2)10/h8H,3-7,10H2,1-2H3/t8-/m0/s1. The molecule has 0 aromatic rings. The molecule has 0 aliphatic heterocycles. The smallest absolute Gasteiger partial charge is 0.322 e. The first-order valence-corrected chi connectivity index (χ1v) is 4.60. The molecule has 0 saturated carbocycles. The van der Waals surface area contributed by atoms with Gasteiger partial charge in [0.25, 0.3) is 0 Å². The summed E-state index contributed by atoms with van der Waals surface area (Å²) in [5, 5.41) is 0. The van der Waals surface area contributed by atoms with Gasteiger partial charge in [-0.3, -0.25) is 4.79 Å². The van der Waals surface area contributed by atoms with Crippen molar-refractivity contribution in [1.29, 1.82) is 0 Å². The summed E-state index contributed by atoms with van der Waals surface area (Å²) in [5.41, 5.74) is 5.30. The second kappa shape index (κ2) is 7.10. The van der Waals surface area contributed by atoms with Gasteiger partial charge in [0.1, 0.15) is 6.04 Å². The van der Waals surface area contributed by atoms with E-state index in [0.29, 0.717) is 6.61 Å². The Kier molecular flexibility index (Phi) is 6.76. The van der Waals surface area contributed by atoms with Crippen molar-refractivity contribution >= 4 is 5.97 Å². The Morgan fingerprint density at radius 1 is 1.42 bits per heavy atom. The van der Waals surface area contributed by atoms with Crippen LogP contribution in [0, 0.1) is 0 Å². The van der Waals surface area contributed by atoms with E-state index in [1.807, 2.05) is 0 Å². The summed E-state index contributed by atoms with van der Waals surface area (Å²) < 4.78 is 4.89. The van der Waals surface area contributed by atoms with E-state index in [1.54, 1.807) is 6.92 Å². The Bertz CT molecular complexity index is 124. The highest BCUT2D eigenvalue weighted by Crippen LogP contribution is 1.99. The molecular formula is C9H19NO2. The summed E-state index contributed by atoms with van der Waals surface area (Å²) in [6.45, 7) is 4.29. The zero-order chi connectivity index (χ0) is 9.40. The normalized spacial score (nSPS) is 12.6. The molecule has 0 rings (SSSR count). The van der Waals surface area contributed by atoms with Crippen molar-refractivity contribution in [3.05, 3.63) is 0 Å². The van der Waals surface area contributed by atoms with E-state index in [4.69, 9.17) is 10.5 Å². The van der Waals surface area contributed by atoms with E-state index >= 15 is 0 Å². The molecule has 0 aromatic heterocycles. The third-order valence-corrected chi connectivity index (χ3v) is 1.61. The van der Waals surface area contributed by atoms with E-state index in [0.717, 1.165) is 12.8 Å². The molecule has 3 heteroatoms. The number of nitrogens with two attached hydrogens (primary N) is 1. The van der Waals surface area contributed by atoms with E-state index in [-0.39, 0.29) is 5.97 Å². The topological polar surface area (TPSA) is 52.3 Å². The summed E-state index contributed by atoms with van der Waals surface area (Å²) in [6.07, 6.45) is 4.48. The maximum Gasteiger partial charge on any atom is 0.322 e. The van der Waals surface area contributed by atoms with Gasteiger partial charge in [0.15, 0.2) is 0 Å². The number of ether oxygens (including phenoxy) is 1. The quantitative estimate of drug-likeness (QED) is 0.488. The number of unbranched alkanes of at least 4 members (excludes halogenated alkanes) is 3. The van der Waals surface area contributed by atoms with Crippen LogP contribution >= 0.6 is 0 Å². The molecule has 12 heavy (non-hydrogen) atoms. The lowest BCUT2D eigenvalue weighted by Crippen LogP contribution is -2.28. The monoisotopic (exact) mass is 173 g/mol. The molecule has 3 nitrogen and oxygen atoms in total. The zero-order valence-corrected chi connectivity index (χ0v) is 8.01. The van der Waals surface area contributed by atoms with Crippen LogP contribution in [0.3, 0.4) is 0 Å². The lowest BCUT2D eigenvalue weighted by Gasteiger charge is -2.06. The van der Waals surface area contributed by atoms with Crippen molar-refractivity contribution in [3.63, 3.8) is 0 Å². The fourth-order valence-corrected chi connectivity index (χ4v) is 0.833. The fourth-order valence-electron chi connectivity index (χ4n) is 0.833. The minimum Gasteiger partial charge on any atom is -0.465 e. The molecule has 1 atom stereocenters. The van der Waals surface area contributed by atoms with Gasteiger partial charge in [-0.05, 0) is 13.3 Å². The summed E-state index contributed by atoms with van der Waals surface area (Å²) in [5.74, 6) is -0.300. The maximum absolute atomic E-state index is 10.8. The molecule has 72 valence electrons. The van der Waals surface area contributed by atoms with Crippen LogP contribution < -0.4 is 5.73 Å². The summed E-state index contributed by atoms with van der Waals surface area (Å²) in [6, 6.07) is -0.490. The molecule has 0 radical (unpaired) electrons. The van der Waals surface area contributed by atoms with Crippen molar-refractivity contribution in [1.82, 2.24) is 0 Å². The van der Waals surface area contributed by atoms with Crippen molar-refractivity contribution in [2.75, 3.05) is 6.61 Å². The van der Waals surface area contributed by atoms with Crippen LogP contribution in [-0.2, 0) is 9.53 Å². The molecule has 0 heterocycles. The molecule has 0 unspecified atom stereocenters. The summed E-state index contributed by atoms with van der Waals surface area (Å²) in [7, 11) is 0. The van der Waals surface area contributed by atoms with Gasteiger partial charge in [-0.25, -0.2) is 0 Å². The van der Waals surface area contributed by atoms with Crippen LogP contribution in [0.25, 0.3) is 0 Å². The van der Waals surface area contributed by atoms with Gasteiger partial charge < -0.3 is 10.5 Å². The van der Waals surface area contributed by atoms with E-state index in [1.165, 1.54) is 12.8 Å². The van der Waals surface area contributed by atoms with E-state index in [2.05, 4.69) is 6.92 Å². The Morgan fingerprint density at radius 3 is 2.58 bits per heavy atom. The van der Waals surface area contributed by atoms with E-state index in [9.17, 15) is 4.79 Å². The number of hydrogen-bond acceptors (Lipinski definition) is 3. The summed E-state index contributed by atoms with van der Waals surface area (Å²) >= 11 is 0. The van der Waals surface area contributed by atoms with Crippen molar-refractivity contribution < 1.29 is 9.53 Å². The van der Waals surface area contributed by atoms with Crippen molar-refractivity contribution in [2.45, 2.75) is 45.6 Å². The number of carbonyl (C=O) groups excluding carboxylic acids is 1. The van der Waals surface area contributed by atoms with Crippen LogP contribution in [0.15, 0.2) is 0 Å². The third-order valence-electron chi connectivity index (χ3n) is 1.61. The Morgan fingerprint density at radius 2 is 2.08 bits per heavy atom. The maximum atomic E-state index is 10.8. The number of carbonyl (C=O) groups is 1. The van der Waals surface area contributed by atoms with E-state index < -0.39 is 6.04 Å². The minimum absolute atomic E-state index is 0.300. The highest BCUT2D eigenvalue weighted by Gasteiger charge is 2.07. The van der Waals surface area contributed by atoms with Crippen LogP contribution in [0.1, 0.15) is 39.5 Å². The zero-order valence-electron chi connectivity index (χ0n) is 8.01. The molecule has 0 bridgehead atoms. The minimum atomic E-state index is -0.490. The second-order valence-corrected chi connectivity index (χ2v) is 3.02. The van der Waals surface area contributed by atoms with Crippen LogP contribution in [0.5, 0.6) is 0 Å². The van der Waals surface area contributed by atoms with Gasteiger partial charge >= 0.3 is 5.97 Å². The first-order valence-electron chi connectivity index (χ1n) is 4.60. The number of esters is 1. The van der Waals surface area contributed by atoms with Crippen LogP contribution in [0.4, 0.5) is 0 Å². The molecule has 0 fully saturated rings. The number of hydrogen-bond donors (Lipinski definition) is 1. The molecule has 0 aliphatic carbocycles. The lowest BCUT2D eigenvalue weighted by atomic mass is 10.2. The molecule has 0 saturated heterocycles. The van der Waals surface area contributed by atoms with Crippen molar-refractivity contribution in [2.24, 2.45) is 5.73 Å². The molecule has 0 spiro atoms. The van der Waals surface area contributed by atoms with Crippen LogP contribution in [-0.4, -0.2) is 18.6 Å². The lowest BCUT2D eigenvalue weighted by molar-refractivity contribution is -0.144. The van der Waals surface area contributed by atoms with Crippen molar-refractivity contribution in [3.8, 4) is 0 Å².